The third kappa shape index (κ3) is 3.84. The first-order valence-corrected chi connectivity index (χ1v) is 7.74. The second-order valence-electron chi connectivity index (χ2n) is 4.26. The lowest BCUT2D eigenvalue weighted by molar-refractivity contribution is 0.305. The fraction of sp³-hybridized carbons (Fsp3) is 0.214. The highest BCUT2D eigenvalue weighted by Gasteiger charge is 2.17. The van der Waals surface area contributed by atoms with Crippen LogP contribution in [0.25, 0.3) is 0 Å². The molecule has 3 N–H and O–H groups in total. The third-order valence-electron chi connectivity index (χ3n) is 2.60. The van der Waals surface area contributed by atoms with Crippen LogP contribution in [0, 0.1) is 18.8 Å². The molecule has 0 aliphatic rings. The first kappa shape index (κ1) is 15.1. The van der Waals surface area contributed by atoms with Gasteiger partial charge in [-0.05, 0) is 19.1 Å². The van der Waals surface area contributed by atoms with Gasteiger partial charge in [-0.15, -0.1) is 0 Å². The van der Waals surface area contributed by atoms with Crippen LogP contribution in [0.2, 0.25) is 0 Å². The molecule has 0 bridgehead atoms. The number of sulfonamides is 1. The predicted molar refractivity (Wildman–Crippen MR) is 79.2 cm³/mol. The van der Waals surface area contributed by atoms with Crippen LogP contribution < -0.4 is 4.72 Å². The van der Waals surface area contributed by atoms with Crippen molar-refractivity contribution in [3.63, 3.8) is 0 Å². The molecule has 2 rings (SSSR count). The lowest BCUT2D eigenvalue weighted by Gasteiger charge is -2.08. The van der Waals surface area contributed by atoms with Crippen molar-refractivity contribution in [2.75, 3.05) is 11.3 Å². The summed E-state index contributed by atoms with van der Waals surface area (Å²) in [6.45, 7) is 1.64. The van der Waals surface area contributed by atoms with Gasteiger partial charge in [0.05, 0.1) is 18.5 Å². The van der Waals surface area contributed by atoms with Gasteiger partial charge >= 0.3 is 0 Å². The largest absolute Gasteiger partial charge is 0.395 e. The topological polar surface area (TPSA) is 95.1 Å². The Balaban J connectivity index is 2.30. The molecule has 0 atom stereocenters. The van der Waals surface area contributed by atoms with Crippen LogP contribution in [-0.2, 0) is 10.0 Å². The van der Waals surface area contributed by atoms with E-state index < -0.39 is 10.0 Å². The van der Waals surface area contributed by atoms with Gasteiger partial charge in [-0.25, -0.2) is 4.98 Å². The highest BCUT2D eigenvalue weighted by atomic mass is 32.2. The van der Waals surface area contributed by atoms with E-state index >= 15 is 0 Å². The second-order valence-corrected chi connectivity index (χ2v) is 5.91. The van der Waals surface area contributed by atoms with Crippen LogP contribution in [0.5, 0.6) is 0 Å². The summed E-state index contributed by atoms with van der Waals surface area (Å²) in [6.07, 6.45) is 1.60. The maximum Gasteiger partial charge on any atom is 0.279 e. The molecule has 1 aromatic carbocycles. The van der Waals surface area contributed by atoms with Gasteiger partial charge in [-0.1, -0.05) is 24.0 Å². The number of para-hydroxylation sites is 1. The van der Waals surface area contributed by atoms with Gasteiger partial charge < -0.3 is 10.1 Å². The van der Waals surface area contributed by atoms with E-state index in [9.17, 15) is 8.42 Å². The minimum Gasteiger partial charge on any atom is -0.395 e. The zero-order valence-corrected chi connectivity index (χ0v) is 12.2. The van der Waals surface area contributed by atoms with Crippen LogP contribution >= 0.6 is 0 Å². The molecule has 0 unspecified atom stereocenters. The van der Waals surface area contributed by atoms with Crippen LogP contribution in [0.3, 0.4) is 0 Å². The van der Waals surface area contributed by atoms with Gasteiger partial charge in [0.1, 0.15) is 5.82 Å². The Bertz CT molecular complexity index is 785. The van der Waals surface area contributed by atoms with E-state index in [1.165, 1.54) is 6.20 Å². The van der Waals surface area contributed by atoms with Gasteiger partial charge in [-0.3, -0.25) is 4.72 Å². The van der Waals surface area contributed by atoms with Crippen molar-refractivity contribution in [3.8, 4) is 11.8 Å². The minimum absolute atomic E-state index is 0.00174. The number of aliphatic hydroxyl groups is 1. The molecule has 0 spiro atoms. The van der Waals surface area contributed by atoms with Crippen molar-refractivity contribution in [2.24, 2.45) is 0 Å². The number of aromatic nitrogens is 2. The maximum absolute atomic E-state index is 12.2. The number of H-pyrrole nitrogens is 1. The second kappa shape index (κ2) is 6.43. The first-order valence-electron chi connectivity index (χ1n) is 6.26. The predicted octanol–water partition coefficient (Wildman–Crippen LogP) is 1.25. The fourth-order valence-electron chi connectivity index (χ4n) is 1.63. The van der Waals surface area contributed by atoms with Crippen LogP contribution in [0.4, 0.5) is 5.69 Å². The molecule has 7 heteroatoms. The van der Waals surface area contributed by atoms with Gasteiger partial charge in [0.2, 0.25) is 0 Å². The van der Waals surface area contributed by atoms with Crippen LogP contribution in [0.1, 0.15) is 17.8 Å². The van der Waals surface area contributed by atoms with Crippen molar-refractivity contribution in [1.29, 1.82) is 0 Å². The Labute approximate surface area is 123 Å². The Hall–Kier alpha value is -2.30. The van der Waals surface area contributed by atoms with E-state index in [1.54, 1.807) is 31.2 Å². The Morgan fingerprint density at radius 3 is 2.81 bits per heavy atom. The molecule has 0 radical (unpaired) electrons. The molecule has 0 aliphatic carbocycles. The smallest absolute Gasteiger partial charge is 0.279 e. The van der Waals surface area contributed by atoms with Crippen molar-refractivity contribution >= 4 is 15.7 Å². The number of anilines is 1. The normalized spacial score (nSPS) is 10.8. The highest BCUT2D eigenvalue weighted by Crippen LogP contribution is 2.18. The summed E-state index contributed by atoms with van der Waals surface area (Å²) in [5.41, 5.74) is 0.931. The molecule has 0 fully saturated rings. The number of aromatic amines is 1. The summed E-state index contributed by atoms with van der Waals surface area (Å²) in [4.78, 5) is 6.55. The average molecular weight is 305 g/mol. The monoisotopic (exact) mass is 305 g/mol. The number of hydrogen-bond donors (Lipinski definition) is 3. The van der Waals surface area contributed by atoms with Crippen molar-refractivity contribution in [3.05, 3.63) is 41.9 Å². The van der Waals surface area contributed by atoms with Gasteiger partial charge in [-0.2, -0.15) is 8.42 Å². The molecule has 1 heterocycles. The lowest BCUT2D eigenvalue weighted by Crippen LogP contribution is -2.14. The number of benzene rings is 1. The number of aliphatic hydroxyl groups excluding tert-OH is 1. The number of rotatable bonds is 4. The molecular weight excluding hydrogens is 290 g/mol. The van der Waals surface area contributed by atoms with E-state index in [0.29, 0.717) is 23.5 Å². The van der Waals surface area contributed by atoms with E-state index in [-0.39, 0.29) is 11.6 Å². The standard InChI is InChI=1S/C14H15N3O3S/c1-11-15-10-14(16-11)21(19,20)17-13-8-3-2-6-12(13)7-4-5-9-18/h2-3,6,8,10,17-18H,5,9H2,1H3,(H,15,16). The maximum atomic E-state index is 12.2. The molecule has 0 aliphatic heterocycles. The number of hydrogen-bond acceptors (Lipinski definition) is 4. The molecule has 110 valence electrons. The molecule has 0 saturated carbocycles. The summed E-state index contributed by atoms with van der Waals surface area (Å²) in [7, 11) is -3.73. The van der Waals surface area contributed by atoms with E-state index in [4.69, 9.17) is 5.11 Å². The molecule has 1 aromatic heterocycles. The molecule has 0 saturated heterocycles. The number of aryl methyl sites for hydroxylation is 1. The number of imidazole rings is 1. The Kier molecular flexibility index (Phi) is 4.62. The summed E-state index contributed by atoms with van der Waals surface area (Å²) < 4.78 is 26.9. The number of nitrogens with zero attached hydrogens (tertiary/aromatic N) is 1. The first-order chi connectivity index (χ1) is 10.0. The van der Waals surface area contributed by atoms with Gasteiger partial charge in [0.15, 0.2) is 5.03 Å². The van der Waals surface area contributed by atoms with Crippen molar-refractivity contribution in [1.82, 2.24) is 9.97 Å². The molecular formula is C14H15N3O3S. The third-order valence-corrected chi connectivity index (χ3v) is 3.88. The van der Waals surface area contributed by atoms with Gasteiger partial charge in [0, 0.05) is 12.0 Å². The van der Waals surface area contributed by atoms with Crippen molar-refractivity contribution < 1.29 is 13.5 Å². The van der Waals surface area contributed by atoms with Gasteiger partial charge in [0.25, 0.3) is 10.0 Å². The molecule has 6 nitrogen and oxygen atoms in total. The van der Waals surface area contributed by atoms with Crippen LogP contribution in [-0.4, -0.2) is 30.1 Å². The molecule has 2 aromatic rings. The minimum atomic E-state index is -3.73. The molecule has 0 amide bonds. The van der Waals surface area contributed by atoms with Crippen LogP contribution in [0.15, 0.2) is 35.5 Å². The molecule has 21 heavy (non-hydrogen) atoms. The van der Waals surface area contributed by atoms with Crippen molar-refractivity contribution in [2.45, 2.75) is 18.4 Å². The SMILES string of the molecule is Cc1ncc(S(=O)(=O)Nc2ccccc2C#CCCO)[nH]1. The average Bonchev–Trinajstić information content (AvgIpc) is 2.88. The highest BCUT2D eigenvalue weighted by molar-refractivity contribution is 7.92. The summed E-state index contributed by atoms with van der Waals surface area (Å²) >= 11 is 0. The van der Waals surface area contributed by atoms with E-state index in [2.05, 4.69) is 26.5 Å². The zero-order chi connectivity index (χ0) is 15.3. The summed E-state index contributed by atoms with van der Waals surface area (Å²) in [6, 6.07) is 6.82. The quantitative estimate of drug-likeness (QED) is 0.741. The Morgan fingerprint density at radius 2 is 2.14 bits per heavy atom. The lowest BCUT2D eigenvalue weighted by atomic mass is 10.2. The Morgan fingerprint density at radius 1 is 1.38 bits per heavy atom. The summed E-state index contributed by atoms with van der Waals surface area (Å²) in [5.74, 6) is 6.12. The fourth-order valence-corrected chi connectivity index (χ4v) is 2.68. The summed E-state index contributed by atoms with van der Waals surface area (Å²) in [5, 5.41) is 8.72. The van der Waals surface area contributed by atoms with E-state index in [0.717, 1.165) is 0 Å². The zero-order valence-electron chi connectivity index (χ0n) is 11.4. The van der Waals surface area contributed by atoms with E-state index in [1.807, 2.05) is 0 Å². The number of nitrogens with one attached hydrogen (secondary N) is 2.